The van der Waals surface area contributed by atoms with E-state index in [9.17, 15) is 18.0 Å². The van der Waals surface area contributed by atoms with Crippen molar-refractivity contribution in [3.05, 3.63) is 52.8 Å². The highest BCUT2D eigenvalue weighted by atomic mass is 19.4. The fourth-order valence-electron chi connectivity index (χ4n) is 3.15. The lowest BCUT2D eigenvalue weighted by Gasteiger charge is -2.12. The molecule has 3 rings (SSSR count). The molecule has 1 aromatic carbocycles. The maximum Gasteiger partial charge on any atom is 0.416 e. The monoisotopic (exact) mass is 407 g/mol. The van der Waals surface area contributed by atoms with E-state index < -0.39 is 17.7 Å². The quantitative estimate of drug-likeness (QED) is 0.479. The first kappa shape index (κ1) is 20.6. The molecule has 0 fully saturated rings. The fourth-order valence-corrected chi connectivity index (χ4v) is 3.15. The molecule has 154 valence electrons. The number of benzene rings is 1. The number of hydrogen-bond acceptors (Lipinski definition) is 4. The molecular weight excluding hydrogens is 385 g/mol. The van der Waals surface area contributed by atoms with Gasteiger partial charge in [0.1, 0.15) is 17.5 Å². The molecule has 0 saturated heterocycles. The van der Waals surface area contributed by atoms with Crippen LogP contribution in [0.5, 0.6) is 0 Å². The topological polar surface area (TPSA) is 70.9 Å². The van der Waals surface area contributed by atoms with Gasteiger partial charge < -0.3 is 10.1 Å². The Hall–Kier alpha value is -3.10. The average molecular weight is 407 g/mol. The number of fused-ring (bicyclic) bond motifs is 1. The molecule has 3 aromatic rings. The number of ether oxygens (including phenoxy) is 1. The normalized spacial score (nSPS) is 11.7. The van der Waals surface area contributed by atoms with Crippen molar-refractivity contribution >= 4 is 22.7 Å². The summed E-state index contributed by atoms with van der Waals surface area (Å²) in [6, 6.07) is 4.90. The Labute approximate surface area is 165 Å². The van der Waals surface area contributed by atoms with Crippen LogP contribution in [-0.2, 0) is 24.0 Å². The number of alkyl halides is 3. The van der Waals surface area contributed by atoms with E-state index in [0.29, 0.717) is 23.4 Å². The van der Waals surface area contributed by atoms with Crippen molar-refractivity contribution < 1.29 is 27.4 Å². The number of aromatic nitrogens is 3. The number of anilines is 1. The summed E-state index contributed by atoms with van der Waals surface area (Å²) in [5, 5.41) is 7.13. The Morgan fingerprint density at radius 1 is 1.24 bits per heavy atom. The van der Waals surface area contributed by atoms with E-state index in [1.807, 2.05) is 18.5 Å². The van der Waals surface area contributed by atoms with Gasteiger partial charge in [0.15, 0.2) is 6.20 Å². The summed E-state index contributed by atoms with van der Waals surface area (Å²) in [6.45, 7) is 6.66. The molecule has 0 amide bonds. The molecule has 2 N–H and O–H groups in total. The SMILES string of the molecule is CCOC(=O)c1cnc2c(c(C)[nH][n+]2CC)c1NCc1ccc(C(F)(F)F)cc1. The Morgan fingerprint density at radius 3 is 2.52 bits per heavy atom. The molecule has 0 unspecified atom stereocenters. The number of hydrogen-bond donors (Lipinski definition) is 2. The number of halogens is 3. The molecule has 9 heteroatoms. The number of H-pyrrole nitrogens is 1. The summed E-state index contributed by atoms with van der Waals surface area (Å²) in [6.07, 6.45) is -2.93. The minimum Gasteiger partial charge on any atom is -0.462 e. The molecule has 6 nitrogen and oxygen atoms in total. The summed E-state index contributed by atoms with van der Waals surface area (Å²) in [5.41, 5.74) is 2.24. The van der Waals surface area contributed by atoms with Crippen molar-refractivity contribution in [1.29, 1.82) is 0 Å². The number of carbonyl (C=O) groups is 1. The van der Waals surface area contributed by atoms with Gasteiger partial charge in [0.2, 0.25) is 0 Å². The summed E-state index contributed by atoms with van der Waals surface area (Å²) in [5.74, 6) is -0.513. The average Bonchev–Trinajstić information content (AvgIpc) is 3.02. The molecule has 0 radical (unpaired) electrons. The molecule has 2 aromatic heterocycles. The van der Waals surface area contributed by atoms with Crippen LogP contribution in [-0.4, -0.2) is 22.7 Å². The van der Waals surface area contributed by atoms with E-state index >= 15 is 0 Å². The lowest BCUT2D eigenvalue weighted by molar-refractivity contribution is -0.725. The van der Waals surface area contributed by atoms with E-state index in [1.165, 1.54) is 18.3 Å². The second-order valence-electron chi connectivity index (χ2n) is 6.50. The van der Waals surface area contributed by atoms with Gasteiger partial charge in [-0.2, -0.15) is 17.9 Å². The number of nitrogens with zero attached hydrogens (tertiary/aromatic N) is 2. The predicted molar refractivity (Wildman–Crippen MR) is 101 cm³/mol. The number of aryl methyl sites for hydroxylation is 2. The second kappa shape index (κ2) is 8.10. The zero-order valence-electron chi connectivity index (χ0n) is 16.4. The predicted octanol–water partition coefficient (Wildman–Crippen LogP) is 3.99. The van der Waals surface area contributed by atoms with E-state index in [-0.39, 0.29) is 18.7 Å². The third-order valence-electron chi connectivity index (χ3n) is 4.55. The number of pyridine rings is 1. The summed E-state index contributed by atoms with van der Waals surface area (Å²) in [4.78, 5) is 16.8. The third-order valence-corrected chi connectivity index (χ3v) is 4.55. The first-order chi connectivity index (χ1) is 13.8. The zero-order valence-corrected chi connectivity index (χ0v) is 16.4. The molecule has 0 saturated carbocycles. The van der Waals surface area contributed by atoms with Gasteiger partial charge >= 0.3 is 17.8 Å². The van der Waals surface area contributed by atoms with Crippen LogP contribution in [0.25, 0.3) is 11.0 Å². The van der Waals surface area contributed by atoms with Gasteiger partial charge in [-0.05, 0) is 43.5 Å². The second-order valence-corrected chi connectivity index (χ2v) is 6.50. The molecule has 0 aliphatic rings. The molecule has 0 atom stereocenters. The number of aromatic amines is 1. The van der Waals surface area contributed by atoms with Crippen LogP contribution in [0.1, 0.15) is 41.0 Å². The Morgan fingerprint density at radius 2 is 1.93 bits per heavy atom. The largest absolute Gasteiger partial charge is 0.462 e. The lowest BCUT2D eigenvalue weighted by Crippen LogP contribution is -2.35. The van der Waals surface area contributed by atoms with Gasteiger partial charge in [-0.25, -0.2) is 9.89 Å². The number of esters is 1. The highest BCUT2D eigenvalue weighted by Gasteiger charge is 2.30. The molecule has 29 heavy (non-hydrogen) atoms. The van der Waals surface area contributed by atoms with Crippen molar-refractivity contribution in [3.8, 4) is 0 Å². The molecule has 0 bridgehead atoms. The van der Waals surface area contributed by atoms with Crippen LogP contribution in [0.2, 0.25) is 0 Å². The molecule has 0 aliphatic carbocycles. The van der Waals surface area contributed by atoms with E-state index in [1.54, 1.807) is 6.92 Å². The number of carbonyl (C=O) groups excluding carboxylic acids is 1. The minimum atomic E-state index is -4.38. The van der Waals surface area contributed by atoms with E-state index in [0.717, 1.165) is 23.2 Å². The summed E-state index contributed by atoms with van der Waals surface area (Å²) >= 11 is 0. The molecular formula is C20H22F3N4O2+. The molecule has 0 aliphatic heterocycles. The highest BCUT2D eigenvalue weighted by Crippen LogP contribution is 2.30. The maximum absolute atomic E-state index is 12.8. The van der Waals surface area contributed by atoms with Crippen LogP contribution in [0.3, 0.4) is 0 Å². The number of rotatable bonds is 6. The standard InChI is InChI=1S/C20H21F3N4O2/c1-4-27-18-16(12(3)26-27)17(15(11-25-18)19(28)29-5-2)24-10-13-6-8-14(9-7-13)20(21,22)23/h6-9,11H,4-5,10H2,1-3H3,(H,24,25,26,28)/p+1. The van der Waals surface area contributed by atoms with Crippen LogP contribution in [0.4, 0.5) is 18.9 Å². The Bertz CT molecular complexity index is 1030. The van der Waals surface area contributed by atoms with Gasteiger partial charge in [-0.15, -0.1) is 0 Å². The maximum atomic E-state index is 12.8. The summed E-state index contributed by atoms with van der Waals surface area (Å²) < 4.78 is 45.3. The van der Waals surface area contributed by atoms with Gasteiger partial charge in [0.25, 0.3) is 0 Å². The van der Waals surface area contributed by atoms with Gasteiger partial charge in [-0.3, -0.25) is 0 Å². The van der Waals surface area contributed by atoms with Gasteiger partial charge in [0.05, 0.1) is 23.6 Å². The van der Waals surface area contributed by atoms with Crippen LogP contribution < -0.4 is 10.00 Å². The van der Waals surface area contributed by atoms with Gasteiger partial charge in [0, 0.05) is 6.54 Å². The highest BCUT2D eigenvalue weighted by molar-refractivity contribution is 6.04. The van der Waals surface area contributed by atoms with Crippen molar-refractivity contribution in [2.24, 2.45) is 0 Å². The molecule has 0 spiro atoms. The zero-order chi connectivity index (χ0) is 21.2. The van der Waals surface area contributed by atoms with E-state index in [2.05, 4.69) is 15.4 Å². The van der Waals surface area contributed by atoms with Crippen LogP contribution in [0, 0.1) is 6.92 Å². The van der Waals surface area contributed by atoms with Crippen molar-refractivity contribution in [3.63, 3.8) is 0 Å². The molecule has 2 heterocycles. The fraction of sp³-hybridized carbons (Fsp3) is 0.350. The van der Waals surface area contributed by atoms with Crippen molar-refractivity contribution in [1.82, 2.24) is 10.1 Å². The minimum absolute atomic E-state index is 0.219. The third kappa shape index (κ3) is 4.18. The summed E-state index contributed by atoms with van der Waals surface area (Å²) in [7, 11) is 0. The Kier molecular flexibility index (Phi) is 5.76. The van der Waals surface area contributed by atoms with Crippen molar-refractivity contribution in [2.75, 3.05) is 11.9 Å². The smallest absolute Gasteiger partial charge is 0.416 e. The van der Waals surface area contributed by atoms with Crippen molar-refractivity contribution in [2.45, 2.75) is 40.0 Å². The van der Waals surface area contributed by atoms with Crippen LogP contribution in [0.15, 0.2) is 30.5 Å². The number of nitrogens with one attached hydrogen (secondary N) is 2. The van der Waals surface area contributed by atoms with Gasteiger partial charge in [-0.1, -0.05) is 12.1 Å². The first-order valence-corrected chi connectivity index (χ1v) is 9.24. The first-order valence-electron chi connectivity index (χ1n) is 9.24. The Balaban J connectivity index is 1.98. The van der Waals surface area contributed by atoms with Crippen LogP contribution >= 0.6 is 0 Å². The lowest BCUT2D eigenvalue weighted by atomic mass is 10.1. The van der Waals surface area contributed by atoms with E-state index in [4.69, 9.17) is 4.74 Å².